The van der Waals surface area contributed by atoms with Crippen molar-refractivity contribution in [1.82, 2.24) is 5.32 Å². The Morgan fingerprint density at radius 2 is 2.32 bits per heavy atom. The number of hydrogen-bond acceptors (Lipinski definition) is 3. The normalized spacial score (nSPS) is 25.5. The average molecular weight is 260 g/mol. The Morgan fingerprint density at radius 1 is 1.42 bits per heavy atom. The molecule has 0 spiro atoms. The third kappa shape index (κ3) is 2.89. The van der Waals surface area contributed by atoms with Crippen LogP contribution in [0.5, 0.6) is 0 Å². The zero-order valence-corrected chi connectivity index (χ0v) is 11.0. The van der Waals surface area contributed by atoms with Crippen molar-refractivity contribution < 1.29 is 9.53 Å². The van der Waals surface area contributed by atoms with Crippen LogP contribution in [0.25, 0.3) is 0 Å². The van der Waals surface area contributed by atoms with Gasteiger partial charge in [0.2, 0.25) is 5.91 Å². The number of fused-ring (bicyclic) bond motifs is 1. The number of hydrogen-bond donors (Lipinski definition) is 2. The molecule has 102 valence electrons. The molecule has 2 aliphatic rings. The van der Waals surface area contributed by atoms with Crippen LogP contribution in [-0.2, 0) is 16.0 Å². The van der Waals surface area contributed by atoms with Gasteiger partial charge in [0.25, 0.3) is 0 Å². The average Bonchev–Trinajstić information content (AvgIpc) is 2.97. The van der Waals surface area contributed by atoms with E-state index in [1.165, 1.54) is 5.56 Å². The van der Waals surface area contributed by atoms with Gasteiger partial charge < -0.3 is 15.4 Å². The highest BCUT2D eigenvalue weighted by Crippen LogP contribution is 2.24. The summed E-state index contributed by atoms with van der Waals surface area (Å²) in [5.41, 5.74) is 2.40. The quantitative estimate of drug-likeness (QED) is 0.864. The summed E-state index contributed by atoms with van der Waals surface area (Å²) in [6.07, 6.45) is 1.89. The molecule has 2 unspecified atom stereocenters. The molecule has 1 aromatic rings. The van der Waals surface area contributed by atoms with Crippen molar-refractivity contribution >= 4 is 11.6 Å². The van der Waals surface area contributed by atoms with Gasteiger partial charge in [0, 0.05) is 31.3 Å². The van der Waals surface area contributed by atoms with Crippen LogP contribution in [0.2, 0.25) is 0 Å². The predicted molar refractivity (Wildman–Crippen MR) is 74.1 cm³/mol. The van der Waals surface area contributed by atoms with Gasteiger partial charge in [-0.15, -0.1) is 0 Å². The Bertz CT molecular complexity index is 455. The standard InChI is InChI=1S/C15H20N2O2/c18-15(17-8-11-5-6-19-10-11)13-7-12-3-1-2-4-14(12)16-9-13/h1-4,11,13,16H,5-10H2,(H,17,18). The van der Waals surface area contributed by atoms with E-state index in [9.17, 15) is 4.79 Å². The second-order valence-electron chi connectivity index (χ2n) is 5.41. The zero-order chi connectivity index (χ0) is 13.1. The fraction of sp³-hybridized carbons (Fsp3) is 0.533. The first kappa shape index (κ1) is 12.5. The van der Waals surface area contributed by atoms with Crippen LogP contribution in [0.4, 0.5) is 5.69 Å². The molecule has 2 heterocycles. The number of para-hydroxylation sites is 1. The fourth-order valence-electron chi connectivity index (χ4n) is 2.76. The molecular formula is C15H20N2O2. The lowest BCUT2D eigenvalue weighted by molar-refractivity contribution is -0.124. The van der Waals surface area contributed by atoms with E-state index in [0.717, 1.165) is 44.8 Å². The first-order valence-corrected chi connectivity index (χ1v) is 7.00. The summed E-state index contributed by atoms with van der Waals surface area (Å²) in [7, 11) is 0. The van der Waals surface area contributed by atoms with Crippen molar-refractivity contribution in [2.75, 3.05) is 31.6 Å². The Labute approximate surface area is 113 Å². The van der Waals surface area contributed by atoms with Crippen LogP contribution in [0.1, 0.15) is 12.0 Å². The molecule has 4 heteroatoms. The van der Waals surface area contributed by atoms with Crippen LogP contribution in [0.3, 0.4) is 0 Å². The number of rotatable bonds is 3. The maximum absolute atomic E-state index is 12.2. The van der Waals surface area contributed by atoms with Gasteiger partial charge in [-0.05, 0) is 24.5 Å². The molecule has 19 heavy (non-hydrogen) atoms. The molecule has 1 saturated heterocycles. The number of ether oxygens (including phenoxy) is 1. The van der Waals surface area contributed by atoms with Crippen molar-refractivity contribution in [2.45, 2.75) is 12.8 Å². The summed E-state index contributed by atoms with van der Waals surface area (Å²) in [6.45, 7) is 3.09. The van der Waals surface area contributed by atoms with E-state index in [1.54, 1.807) is 0 Å². The van der Waals surface area contributed by atoms with E-state index in [1.807, 2.05) is 12.1 Å². The molecule has 2 atom stereocenters. The van der Waals surface area contributed by atoms with Crippen LogP contribution in [0, 0.1) is 11.8 Å². The second kappa shape index (κ2) is 5.61. The lowest BCUT2D eigenvalue weighted by Crippen LogP contribution is -2.40. The molecule has 0 saturated carbocycles. The topological polar surface area (TPSA) is 50.4 Å². The summed E-state index contributed by atoms with van der Waals surface area (Å²) >= 11 is 0. The predicted octanol–water partition coefficient (Wildman–Crippen LogP) is 1.42. The monoisotopic (exact) mass is 260 g/mol. The van der Waals surface area contributed by atoms with Crippen molar-refractivity contribution in [3.63, 3.8) is 0 Å². The van der Waals surface area contributed by atoms with E-state index in [0.29, 0.717) is 5.92 Å². The summed E-state index contributed by atoms with van der Waals surface area (Å²) in [4.78, 5) is 12.2. The fourth-order valence-corrected chi connectivity index (χ4v) is 2.76. The van der Waals surface area contributed by atoms with E-state index >= 15 is 0 Å². The number of benzene rings is 1. The third-order valence-corrected chi connectivity index (χ3v) is 3.98. The van der Waals surface area contributed by atoms with Crippen molar-refractivity contribution in [3.05, 3.63) is 29.8 Å². The Morgan fingerprint density at radius 3 is 3.16 bits per heavy atom. The van der Waals surface area contributed by atoms with Gasteiger partial charge in [0.15, 0.2) is 0 Å². The van der Waals surface area contributed by atoms with Gasteiger partial charge in [0.05, 0.1) is 12.5 Å². The summed E-state index contributed by atoms with van der Waals surface area (Å²) < 4.78 is 5.32. The Hall–Kier alpha value is -1.55. The molecule has 4 nitrogen and oxygen atoms in total. The summed E-state index contributed by atoms with van der Waals surface area (Å²) in [6, 6.07) is 8.20. The highest BCUT2D eigenvalue weighted by atomic mass is 16.5. The highest BCUT2D eigenvalue weighted by Gasteiger charge is 2.25. The largest absolute Gasteiger partial charge is 0.384 e. The number of carbonyl (C=O) groups is 1. The minimum Gasteiger partial charge on any atom is -0.384 e. The molecule has 0 bridgehead atoms. The van der Waals surface area contributed by atoms with Crippen LogP contribution >= 0.6 is 0 Å². The lowest BCUT2D eigenvalue weighted by atomic mass is 9.93. The first-order valence-electron chi connectivity index (χ1n) is 7.00. The van der Waals surface area contributed by atoms with E-state index in [2.05, 4.69) is 22.8 Å². The molecule has 0 aliphatic carbocycles. The molecule has 1 aromatic carbocycles. The minimum atomic E-state index is 0.0391. The molecule has 3 rings (SSSR count). The van der Waals surface area contributed by atoms with Crippen LogP contribution in [-0.4, -0.2) is 32.2 Å². The number of anilines is 1. The smallest absolute Gasteiger partial charge is 0.225 e. The van der Waals surface area contributed by atoms with Crippen molar-refractivity contribution in [2.24, 2.45) is 11.8 Å². The zero-order valence-electron chi connectivity index (χ0n) is 11.0. The van der Waals surface area contributed by atoms with E-state index in [4.69, 9.17) is 4.74 Å². The van der Waals surface area contributed by atoms with Gasteiger partial charge in [-0.2, -0.15) is 0 Å². The summed E-state index contributed by atoms with van der Waals surface area (Å²) in [5, 5.41) is 6.40. The second-order valence-corrected chi connectivity index (χ2v) is 5.41. The van der Waals surface area contributed by atoms with Crippen molar-refractivity contribution in [3.8, 4) is 0 Å². The molecule has 2 aliphatic heterocycles. The Kier molecular flexibility index (Phi) is 3.69. The maximum Gasteiger partial charge on any atom is 0.225 e. The van der Waals surface area contributed by atoms with Crippen molar-refractivity contribution in [1.29, 1.82) is 0 Å². The highest BCUT2D eigenvalue weighted by molar-refractivity contribution is 5.80. The lowest BCUT2D eigenvalue weighted by Gasteiger charge is -2.25. The minimum absolute atomic E-state index is 0.0391. The Balaban J connectivity index is 1.54. The van der Waals surface area contributed by atoms with E-state index < -0.39 is 0 Å². The number of nitrogens with one attached hydrogen (secondary N) is 2. The number of carbonyl (C=O) groups excluding carboxylic acids is 1. The summed E-state index contributed by atoms with van der Waals surface area (Å²) in [5.74, 6) is 0.693. The van der Waals surface area contributed by atoms with Gasteiger partial charge in [-0.3, -0.25) is 4.79 Å². The molecule has 0 aromatic heterocycles. The van der Waals surface area contributed by atoms with Gasteiger partial charge in [-0.25, -0.2) is 0 Å². The van der Waals surface area contributed by atoms with Gasteiger partial charge in [-0.1, -0.05) is 18.2 Å². The number of amides is 1. The maximum atomic E-state index is 12.2. The molecule has 1 amide bonds. The van der Waals surface area contributed by atoms with Gasteiger partial charge in [0.1, 0.15) is 0 Å². The third-order valence-electron chi connectivity index (χ3n) is 3.98. The van der Waals surface area contributed by atoms with E-state index in [-0.39, 0.29) is 11.8 Å². The van der Waals surface area contributed by atoms with Crippen LogP contribution < -0.4 is 10.6 Å². The van der Waals surface area contributed by atoms with Crippen LogP contribution in [0.15, 0.2) is 24.3 Å². The first-order chi connectivity index (χ1) is 9.33. The molecular weight excluding hydrogens is 240 g/mol. The SMILES string of the molecule is O=C(NCC1CCOC1)C1CNc2ccccc2C1. The molecule has 2 N–H and O–H groups in total. The molecule has 0 radical (unpaired) electrons. The van der Waals surface area contributed by atoms with Gasteiger partial charge >= 0.3 is 0 Å². The molecule has 1 fully saturated rings.